The molecule has 1 heterocycles. The minimum absolute atomic E-state index is 0.511. The maximum Gasteiger partial charge on any atom is 0.0603 e. The molecule has 0 saturated heterocycles. The summed E-state index contributed by atoms with van der Waals surface area (Å²) in [7, 11) is 0. The summed E-state index contributed by atoms with van der Waals surface area (Å²) in [4.78, 5) is 3.43. The average Bonchev–Trinajstić information content (AvgIpc) is 2.53. The first-order valence-corrected chi connectivity index (χ1v) is 6.38. The average molecular weight is 281 g/mol. The highest BCUT2D eigenvalue weighted by atomic mass is 79.9. The largest absolute Gasteiger partial charge is 0.357 e. The molecule has 0 fully saturated rings. The number of hydrogen-bond acceptors (Lipinski definition) is 1. The van der Waals surface area contributed by atoms with Crippen molar-refractivity contribution in [2.45, 2.75) is 33.4 Å². The second kappa shape index (κ2) is 4.60. The van der Waals surface area contributed by atoms with E-state index in [0.717, 1.165) is 11.0 Å². The molecule has 0 bridgehead atoms. The maximum absolute atomic E-state index is 3.57. The van der Waals surface area contributed by atoms with Crippen LogP contribution in [0.1, 0.15) is 25.1 Å². The number of para-hydroxylation sites is 1. The van der Waals surface area contributed by atoms with Gasteiger partial charge in [0.1, 0.15) is 0 Å². The summed E-state index contributed by atoms with van der Waals surface area (Å²) in [5, 5.41) is 4.77. The number of H-pyrrole nitrogens is 1. The second-order valence-electron chi connectivity index (χ2n) is 4.43. The normalized spacial score (nSPS) is 11.6. The summed E-state index contributed by atoms with van der Waals surface area (Å²) >= 11 is 3.57. The van der Waals surface area contributed by atoms with E-state index in [-0.39, 0.29) is 0 Å². The van der Waals surface area contributed by atoms with Crippen LogP contribution >= 0.6 is 15.9 Å². The first-order chi connectivity index (χ1) is 7.59. The van der Waals surface area contributed by atoms with Gasteiger partial charge in [-0.25, -0.2) is 0 Å². The predicted octanol–water partition coefficient (Wildman–Crippen LogP) is 3.74. The highest BCUT2D eigenvalue weighted by molar-refractivity contribution is 9.10. The van der Waals surface area contributed by atoms with Crippen LogP contribution in [0.25, 0.3) is 10.9 Å². The molecule has 2 rings (SSSR count). The zero-order valence-corrected chi connectivity index (χ0v) is 11.5. The summed E-state index contributed by atoms with van der Waals surface area (Å²) in [5.41, 5.74) is 3.81. The Kier molecular flexibility index (Phi) is 3.36. The Balaban J connectivity index is 2.44. The summed E-state index contributed by atoms with van der Waals surface area (Å²) in [6.07, 6.45) is 0. The van der Waals surface area contributed by atoms with Gasteiger partial charge in [-0.3, -0.25) is 0 Å². The number of benzene rings is 1. The highest BCUT2D eigenvalue weighted by Crippen LogP contribution is 2.28. The molecule has 0 saturated carbocycles. The molecule has 0 unspecified atom stereocenters. The summed E-state index contributed by atoms with van der Waals surface area (Å²) in [6.45, 7) is 7.38. The molecule has 0 aliphatic carbocycles. The van der Waals surface area contributed by atoms with E-state index in [9.17, 15) is 0 Å². The van der Waals surface area contributed by atoms with Crippen LogP contribution in [0.4, 0.5) is 0 Å². The quantitative estimate of drug-likeness (QED) is 0.881. The van der Waals surface area contributed by atoms with Gasteiger partial charge in [-0.1, -0.05) is 26.0 Å². The molecule has 0 spiro atoms. The van der Waals surface area contributed by atoms with Crippen LogP contribution in [0.5, 0.6) is 0 Å². The van der Waals surface area contributed by atoms with Crippen molar-refractivity contribution < 1.29 is 0 Å². The number of hydrogen-bond donors (Lipinski definition) is 2. The van der Waals surface area contributed by atoms with Crippen molar-refractivity contribution in [3.05, 3.63) is 33.9 Å². The van der Waals surface area contributed by atoms with Gasteiger partial charge in [-0.15, -0.1) is 0 Å². The van der Waals surface area contributed by atoms with Crippen LogP contribution in [0.15, 0.2) is 22.7 Å². The van der Waals surface area contributed by atoms with Crippen molar-refractivity contribution in [1.29, 1.82) is 0 Å². The predicted molar refractivity (Wildman–Crippen MR) is 72.7 cm³/mol. The minimum atomic E-state index is 0.511. The minimum Gasteiger partial charge on any atom is -0.357 e. The van der Waals surface area contributed by atoms with Crippen LogP contribution in [-0.2, 0) is 6.54 Å². The van der Waals surface area contributed by atoms with Gasteiger partial charge in [0.25, 0.3) is 0 Å². The topological polar surface area (TPSA) is 27.8 Å². The fourth-order valence-electron chi connectivity index (χ4n) is 1.90. The lowest BCUT2D eigenvalue weighted by atomic mass is 10.1. The van der Waals surface area contributed by atoms with Gasteiger partial charge in [0.15, 0.2) is 0 Å². The molecule has 0 radical (unpaired) electrons. The number of rotatable bonds is 3. The Labute approximate surface area is 105 Å². The summed E-state index contributed by atoms with van der Waals surface area (Å²) < 4.78 is 1.13. The third-order valence-electron chi connectivity index (χ3n) is 2.79. The van der Waals surface area contributed by atoms with Gasteiger partial charge in [0.2, 0.25) is 0 Å². The molecular weight excluding hydrogens is 264 g/mol. The lowest BCUT2D eigenvalue weighted by Crippen LogP contribution is -2.22. The Morgan fingerprint density at radius 2 is 2.12 bits per heavy atom. The molecule has 0 aliphatic heterocycles. The molecule has 0 amide bonds. The SMILES string of the molecule is Cc1[nH]c2c(Br)cccc2c1CNC(C)C. The fourth-order valence-corrected chi connectivity index (χ4v) is 2.37. The van der Waals surface area contributed by atoms with Gasteiger partial charge in [-0.05, 0) is 34.5 Å². The number of fused-ring (bicyclic) bond motifs is 1. The van der Waals surface area contributed by atoms with Crippen LogP contribution in [0.3, 0.4) is 0 Å². The molecule has 3 heteroatoms. The fraction of sp³-hybridized carbons (Fsp3) is 0.385. The van der Waals surface area contributed by atoms with Crippen LogP contribution in [0.2, 0.25) is 0 Å². The van der Waals surface area contributed by atoms with E-state index >= 15 is 0 Å². The summed E-state index contributed by atoms with van der Waals surface area (Å²) in [5.74, 6) is 0. The number of aromatic nitrogens is 1. The zero-order chi connectivity index (χ0) is 11.7. The number of nitrogens with one attached hydrogen (secondary N) is 2. The third-order valence-corrected chi connectivity index (χ3v) is 3.45. The molecule has 86 valence electrons. The molecular formula is C13H17BrN2. The van der Waals surface area contributed by atoms with Gasteiger partial charge in [0, 0.05) is 28.1 Å². The molecule has 2 aromatic rings. The van der Waals surface area contributed by atoms with E-state index in [1.54, 1.807) is 0 Å². The molecule has 0 aliphatic rings. The van der Waals surface area contributed by atoms with Crippen LogP contribution in [-0.4, -0.2) is 11.0 Å². The standard InChI is InChI=1S/C13H17BrN2/c1-8(2)15-7-11-9(3)16-13-10(11)5-4-6-12(13)14/h4-6,8,15-16H,7H2,1-3H3. The van der Waals surface area contributed by atoms with Gasteiger partial charge in [-0.2, -0.15) is 0 Å². The highest BCUT2D eigenvalue weighted by Gasteiger charge is 2.09. The molecule has 2 N–H and O–H groups in total. The maximum atomic E-state index is 3.57. The van der Waals surface area contributed by atoms with Crippen LogP contribution in [0, 0.1) is 6.92 Å². The first-order valence-electron chi connectivity index (χ1n) is 5.58. The number of halogens is 1. The van der Waals surface area contributed by atoms with Crippen molar-refractivity contribution in [3.63, 3.8) is 0 Å². The Morgan fingerprint density at radius 1 is 1.38 bits per heavy atom. The first kappa shape index (κ1) is 11.7. The zero-order valence-electron chi connectivity index (χ0n) is 9.89. The molecule has 2 nitrogen and oxygen atoms in total. The van der Waals surface area contributed by atoms with Gasteiger partial charge in [0.05, 0.1) is 5.52 Å². The molecule has 1 aromatic carbocycles. The van der Waals surface area contributed by atoms with Gasteiger partial charge >= 0.3 is 0 Å². The molecule has 1 aromatic heterocycles. The van der Waals surface area contributed by atoms with E-state index in [4.69, 9.17) is 0 Å². The monoisotopic (exact) mass is 280 g/mol. The number of aromatic amines is 1. The van der Waals surface area contributed by atoms with E-state index in [0.29, 0.717) is 6.04 Å². The van der Waals surface area contributed by atoms with Crippen molar-refractivity contribution >= 4 is 26.8 Å². The molecule has 0 atom stereocenters. The lowest BCUT2D eigenvalue weighted by molar-refractivity contribution is 0.589. The third kappa shape index (κ3) is 2.15. The summed E-state index contributed by atoms with van der Waals surface area (Å²) in [6, 6.07) is 6.83. The van der Waals surface area contributed by atoms with E-state index in [1.807, 2.05) is 0 Å². The Morgan fingerprint density at radius 3 is 2.81 bits per heavy atom. The smallest absolute Gasteiger partial charge is 0.0603 e. The van der Waals surface area contributed by atoms with Crippen molar-refractivity contribution in [2.75, 3.05) is 0 Å². The lowest BCUT2D eigenvalue weighted by Gasteiger charge is -2.08. The molecule has 16 heavy (non-hydrogen) atoms. The number of aryl methyl sites for hydroxylation is 1. The Bertz CT molecular complexity index is 500. The van der Waals surface area contributed by atoms with E-state index in [2.05, 4.69) is 65.2 Å². The van der Waals surface area contributed by atoms with Crippen molar-refractivity contribution in [3.8, 4) is 0 Å². The van der Waals surface area contributed by atoms with E-state index < -0.39 is 0 Å². The Hall–Kier alpha value is -0.800. The van der Waals surface area contributed by atoms with Crippen molar-refractivity contribution in [1.82, 2.24) is 10.3 Å². The van der Waals surface area contributed by atoms with Crippen molar-refractivity contribution in [2.24, 2.45) is 0 Å². The second-order valence-corrected chi connectivity index (χ2v) is 5.28. The van der Waals surface area contributed by atoms with E-state index in [1.165, 1.54) is 22.2 Å². The van der Waals surface area contributed by atoms with Crippen LogP contribution < -0.4 is 5.32 Å². The van der Waals surface area contributed by atoms with Gasteiger partial charge < -0.3 is 10.3 Å².